The highest BCUT2D eigenvalue weighted by molar-refractivity contribution is 7.91. The van der Waals surface area contributed by atoms with Gasteiger partial charge >= 0.3 is 5.97 Å². The van der Waals surface area contributed by atoms with Crippen LogP contribution in [-0.2, 0) is 14.8 Å². The minimum absolute atomic E-state index is 0.106. The molecule has 8 heteroatoms. The lowest BCUT2D eigenvalue weighted by Gasteiger charge is -2.25. The largest absolute Gasteiger partial charge is 0.481 e. The smallest absolute Gasteiger partial charge is 0.304 e. The number of halogens is 1. The van der Waals surface area contributed by atoms with Gasteiger partial charge < -0.3 is 5.11 Å². The lowest BCUT2D eigenvalue weighted by Crippen LogP contribution is -2.38. The Morgan fingerprint density at radius 2 is 2.05 bits per heavy atom. The molecule has 1 rings (SSSR count). The van der Waals surface area contributed by atoms with Crippen LogP contribution in [0.1, 0.15) is 39.2 Å². The molecule has 0 aliphatic heterocycles. The van der Waals surface area contributed by atoms with Crippen LogP contribution in [0.2, 0.25) is 4.34 Å². The number of rotatable bonds is 6. The minimum atomic E-state index is -3.76. The summed E-state index contributed by atoms with van der Waals surface area (Å²) in [7, 11) is -3.76. The van der Waals surface area contributed by atoms with Crippen LogP contribution >= 0.6 is 22.9 Å². The highest BCUT2D eigenvalue weighted by atomic mass is 35.5. The Morgan fingerprint density at radius 3 is 2.43 bits per heavy atom. The summed E-state index contributed by atoms with van der Waals surface area (Å²) in [5, 5.41) is 8.94. The van der Waals surface area contributed by atoms with Gasteiger partial charge in [0.1, 0.15) is 4.21 Å². The molecule has 0 bridgehead atoms. The van der Waals surface area contributed by atoms with Gasteiger partial charge in [-0.2, -0.15) is 0 Å². The Bertz CT molecular complexity index is 597. The number of carbonyl (C=O) groups is 1. The van der Waals surface area contributed by atoms with Gasteiger partial charge in [-0.15, -0.1) is 11.3 Å². The van der Waals surface area contributed by atoms with E-state index in [4.69, 9.17) is 16.7 Å². The summed E-state index contributed by atoms with van der Waals surface area (Å²) in [6.07, 6.45) is 0.172. The van der Waals surface area contributed by atoms with Crippen LogP contribution in [0, 0.1) is 12.3 Å². The topological polar surface area (TPSA) is 83.5 Å². The predicted molar refractivity (Wildman–Crippen MR) is 84.5 cm³/mol. The Hall–Kier alpha value is -0.630. The first-order valence-corrected chi connectivity index (χ1v) is 9.08. The molecular weight excluding hydrogens is 334 g/mol. The third-order valence-electron chi connectivity index (χ3n) is 2.70. The first-order chi connectivity index (χ1) is 9.40. The van der Waals surface area contributed by atoms with E-state index in [1.54, 1.807) is 6.92 Å². The molecular formula is C13H20ClNO4S2. The van der Waals surface area contributed by atoms with Crippen LogP contribution in [0.5, 0.6) is 0 Å². The van der Waals surface area contributed by atoms with Gasteiger partial charge in [0.25, 0.3) is 0 Å². The highest BCUT2D eigenvalue weighted by Gasteiger charge is 2.27. The Kier molecular flexibility index (Phi) is 5.83. The van der Waals surface area contributed by atoms with Crippen molar-refractivity contribution in [1.82, 2.24) is 4.72 Å². The molecule has 0 aliphatic rings. The summed E-state index contributed by atoms with van der Waals surface area (Å²) < 4.78 is 27.7. The van der Waals surface area contributed by atoms with Crippen LogP contribution in [0.15, 0.2) is 10.3 Å². The summed E-state index contributed by atoms with van der Waals surface area (Å²) in [5.74, 6) is -1.03. The quantitative estimate of drug-likeness (QED) is 0.822. The van der Waals surface area contributed by atoms with Gasteiger partial charge in [0.15, 0.2) is 0 Å². The summed E-state index contributed by atoms with van der Waals surface area (Å²) in [5.41, 5.74) is 0.499. The second kappa shape index (κ2) is 6.64. The molecule has 1 atom stereocenters. The molecule has 0 radical (unpaired) electrons. The van der Waals surface area contributed by atoms with E-state index in [2.05, 4.69) is 4.72 Å². The molecule has 0 saturated heterocycles. The Balaban J connectivity index is 2.98. The van der Waals surface area contributed by atoms with Crippen molar-refractivity contribution < 1.29 is 18.3 Å². The number of sulfonamides is 1. The van der Waals surface area contributed by atoms with Crippen LogP contribution in [0.25, 0.3) is 0 Å². The molecule has 5 nitrogen and oxygen atoms in total. The Labute approximate surface area is 134 Å². The molecule has 0 aliphatic carbocycles. The van der Waals surface area contributed by atoms with Crippen molar-refractivity contribution in [2.45, 2.75) is 50.8 Å². The van der Waals surface area contributed by atoms with E-state index < -0.39 is 22.0 Å². The third-order valence-corrected chi connectivity index (χ3v) is 6.25. The second-order valence-electron chi connectivity index (χ2n) is 6.20. The number of hydrogen-bond acceptors (Lipinski definition) is 4. The van der Waals surface area contributed by atoms with Gasteiger partial charge in [0.2, 0.25) is 10.0 Å². The molecule has 0 spiro atoms. The number of carboxylic acids is 1. The van der Waals surface area contributed by atoms with Crippen LogP contribution in [0.4, 0.5) is 0 Å². The number of aryl methyl sites for hydroxylation is 1. The maximum Gasteiger partial charge on any atom is 0.304 e. The maximum atomic E-state index is 12.3. The lowest BCUT2D eigenvalue weighted by atomic mass is 9.87. The van der Waals surface area contributed by atoms with Gasteiger partial charge in [0, 0.05) is 6.04 Å². The van der Waals surface area contributed by atoms with Gasteiger partial charge in [-0.05, 0) is 30.4 Å². The van der Waals surface area contributed by atoms with E-state index >= 15 is 0 Å². The first-order valence-electron chi connectivity index (χ1n) is 6.41. The zero-order valence-corrected chi connectivity index (χ0v) is 14.8. The van der Waals surface area contributed by atoms with Crippen molar-refractivity contribution in [2.24, 2.45) is 5.41 Å². The van der Waals surface area contributed by atoms with Crippen molar-refractivity contribution in [1.29, 1.82) is 0 Å². The van der Waals surface area contributed by atoms with E-state index in [9.17, 15) is 13.2 Å². The third kappa shape index (κ3) is 5.94. The van der Waals surface area contributed by atoms with E-state index in [0.29, 0.717) is 16.3 Å². The van der Waals surface area contributed by atoms with Crippen LogP contribution in [-0.4, -0.2) is 25.5 Å². The standard InChI is InChI=1S/C13H20ClNO4S2/c1-8-5-11(20-12(8)14)21(18,19)15-9(6-10(16)17)7-13(2,3)4/h5,9,15H,6-7H2,1-4H3,(H,16,17). The SMILES string of the molecule is Cc1cc(S(=O)(=O)NC(CC(=O)O)CC(C)(C)C)sc1Cl. The second-order valence-corrected chi connectivity index (χ2v) is 9.80. The fraction of sp³-hybridized carbons (Fsp3) is 0.615. The van der Waals surface area contributed by atoms with E-state index in [0.717, 1.165) is 11.3 Å². The monoisotopic (exact) mass is 353 g/mol. The van der Waals surface area contributed by atoms with E-state index in [1.165, 1.54) is 6.07 Å². The fourth-order valence-electron chi connectivity index (χ4n) is 1.95. The highest BCUT2D eigenvalue weighted by Crippen LogP contribution is 2.31. The average molecular weight is 354 g/mol. The minimum Gasteiger partial charge on any atom is -0.481 e. The lowest BCUT2D eigenvalue weighted by molar-refractivity contribution is -0.137. The first kappa shape index (κ1) is 18.4. The molecule has 0 saturated carbocycles. The number of carboxylic acid groups (broad SMARTS) is 1. The molecule has 0 amide bonds. The number of nitrogens with one attached hydrogen (secondary N) is 1. The van der Waals surface area contributed by atoms with Gasteiger partial charge in [-0.25, -0.2) is 13.1 Å². The molecule has 0 aromatic carbocycles. The molecule has 21 heavy (non-hydrogen) atoms. The predicted octanol–water partition coefficient (Wildman–Crippen LogP) is 3.27. The number of thiophene rings is 1. The van der Waals surface area contributed by atoms with Gasteiger partial charge in [-0.1, -0.05) is 32.4 Å². The normalized spacial score (nSPS) is 14.1. The van der Waals surface area contributed by atoms with Crippen molar-refractivity contribution in [3.05, 3.63) is 16.0 Å². The zero-order chi connectivity index (χ0) is 16.4. The molecule has 1 aromatic heterocycles. The molecule has 120 valence electrons. The summed E-state index contributed by atoms with van der Waals surface area (Å²) in [4.78, 5) is 10.9. The van der Waals surface area contributed by atoms with E-state index in [-0.39, 0.29) is 16.0 Å². The number of aliphatic carboxylic acids is 1. The molecule has 2 N–H and O–H groups in total. The molecule has 1 aromatic rings. The van der Waals surface area contributed by atoms with Crippen LogP contribution < -0.4 is 4.72 Å². The zero-order valence-electron chi connectivity index (χ0n) is 12.4. The summed E-state index contributed by atoms with van der Waals surface area (Å²) in [6, 6.07) is 0.832. The van der Waals surface area contributed by atoms with E-state index in [1.807, 2.05) is 20.8 Å². The summed E-state index contributed by atoms with van der Waals surface area (Å²) >= 11 is 6.86. The Morgan fingerprint density at radius 1 is 1.48 bits per heavy atom. The van der Waals surface area contributed by atoms with Crippen molar-refractivity contribution in [3.8, 4) is 0 Å². The van der Waals surface area contributed by atoms with Crippen molar-refractivity contribution in [2.75, 3.05) is 0 Å². The maximum absolute atomic E-state index is 12.3. The van der Waals surface area contributed by atoms with Gasteiger partial charge in [-0.3, -0.25) is 4.79 Å². The average Bonchev–Trinajstić information content (AvgIpc) is 2.55. The molecule has 0 fully saturated rings. The van der Waals surface area contributed by atoms with Crippen molar-refractivity contribution in [3.63, 3.8) is 0 Å². The number of hydrogen-bond donors (Lipinski definition) is 2. The summed E-state index contributed by atoms with van der Waals surface area (Å²) in [6.45, 7) is 7.52. The van der Waals surface area contributed by atoms with Crippen molar-refractivity contribution >= 4 is 38.9 Å². The molecule has 1 unspecified atom stereocenters. The van der Waals surface area contributed by atoms with Gasteiger partial charge in [0.05, 0.1) is 10.8 Å². The molecule has 1 heterocycles. The fourth-order valence-corrected chi connectivity index (χ4v) is 4.91. The van der Waals surface area contributed by atoms with Crippen LogP contribution in [0.3, 0.4) is 0 Å².